The minimum absolute atomic E-state index is 0.00935. The number of aromatic nitrogens is 2. The maximum atomic E-state index is 12.0. The van der Waals surface area contributed by atoms with E-state index in [1.54, 1.807) is 4.68 Å². The molecule has 2 unspecified atom stereocenters. The van der Waals surface area contributed by atoms with Gasteiger partial charge in [-0.15, -0.1) is 0 Å². The van der Waals surface area contributed by atoms with Gasteiger partial charge < -0.3 is 10.6 Å². The van der Waals surface area contributed by atoms with Crippen molar-refractivity contribution in [2.24, 2.45) is 12.8 Å². The van der Waals surface area contributed by atoms with Crippen LogP contribution in [0.2, 0.25) is 0 Å². The summed E-state index contributed by atoms with van der Waals surface area (Å²) in [6.07, 6.45) is 6.04. The van der Waals surface area contributed by atoms with Crippen LogP contribution >= 0.6 is 0 Å². The fraction of sp³-hybridized carbons (Fsp3) is 0.667. The average molecular weight is 236 g/mol. The first-order chi connectivity index (χ1) is 8.13. The van der Waals surface area contributed by atoms with E-state index >= 15 is 0 Å². The Morgan fingerprint density at radius 1 is 1.59 bits per heavy atom. The van der Waals surface area contributed by atoms with Crippen molar-refractivity contribution in [3.8, 4) is 0 Å². The second-order valence-corrected chi connectivity index (χ2v) is 4.68. The van der Waals surface area contributed by atoms with E-state index in [-0.39, 0.29) is 18.0 Å². The molecule has 2 N–H and O–H groups in total. The van der Waals surface area contributed by atoms with E-state index in [0.717, 1.165) is 24.9 Å². The Bertz CT molecular complexity index is 401. The summed E-state index contributed by atoms with van der Waals surface area (Å²) in [5, 5.41) is 4.17. The number of piperidine rings is 1. The molecule has 0 aliphatic carbocycles. The van der Waals surface area contributed by atoms with Crippen LogP contribution in [0.4, 0.5) is 0 Å². The van der Waals surface area contributed by atoms with Crippen molar-refractivity contribution in [1.82, 2.24) is 14.7 Å². The first-order valence-electron chi connectivity index (χ1n) is 6.17. The summed E-state index contributed by atoms with van der Waals surface area (Å²) in [5.74, 6) is 0.211. The molecule has 0 saturated carbocycles. The van der Waals surface area contributed by atoms with Crippen LogP contribution in [0.1, 0.15) is 37.8 Å². The molecule has 2 heterocycles. The van der Waals surface area contributed by atoms with Crippen LogP contribution < -0.4 is 5.73 Å². The number of nitrogens with zero attached hydrogens (tertiary/aromatic N) is 3. The lowest BCUT2D eigenvalue weighted by Gasteiger charge is -2.39. The Morgan fingerprint density at radius 2 is 2.35 bits per heavy atom. The van der Waals surface area contributed by atoms with E-state index in [1.165, 1.54) is 0 Å². The number of nitrogens with two attached hydrogens (primary N) is 1. The standard InChI is InChI=1S/C12H20N4O/c1-3-6-16-11(17)5-4-10(13)12(16)9-7-14-15(2)8-9/h7-8,10,12H,3-6,13H2,1-2H3. The van der Waals surface area contributed by atoms with Gasteiger partial charge in [0.05, 0.1) is 12.2 Å². The number of hydrogen-bond donors (Lipinski definition) is 1. The maximum Gasteiger partial charge on any atom is 0.223 e. The lowest BCUT2D eigenvalue weighted by molar-refractivity contribution is -0.137. The van der Waals surface area contributed by atoms with Gasteiger partial charge in [0.15, 0.2) is 0 Å². The van der Waals surface area contributed by atoms with Crippen molar-refractivity contribution in [3.05, 3.63) is 18.0 Å². The molecule has 0 bridgehead atoms. The number of hydrogen-bond acceptors (Lipinski definition) is 3. The maximum absolute atomic E-state index is 12.0. The molecule has 2 rings (SSSR count). The molecule has 1 saturated heterocycles. The van der Waals surface area contributed by atoms with Crippen LogP contribution in [0.15, 0.2) is 12.4 Å². The zero-order valence-electron chi connectivity index (χ0n) is 10.5. The highest BCUT2D eigenvalue weighted by Crippen LogP contribution is 2.30. The van der Waals surface area contributed by atoms with Gasteiger partial charge in [-0.3, -0.25) is 9.48 Å². The molecule has 1 aliphatic heterocycles. The summed E-state index contributed by atoms with van der Waals surface area (Å²) < 4.78 is 1.76. The van der Waals surface area contributed by atoms with Gasteiger partial charge in [-0.05, 0) is 12.8 Å². The highest BCUT2D eigenvalue weighted by Gasteiger charge is 2.34. The monoisotopic (exact) mass is 236 g/mol. The summed E-state index contributed by atoms with van der Waals surface area (Å²) in [4.78, 5) is 13.9. The first-order valence-corrected chi connectivity index (χ1v) is 6.17. The van der Waals surface area contributed by atoms with Crippen LogP contribution in [-0.4, -0.2) is 33.2 Å². The fourth-order valence-corrected chi connectivity index (χ4v) is 2.50. The number of rotatable bonds is 3. The Labute approximate surface area is 102 Å². The predicted molar refractivity (Wildman–Crippen MR) is 65.2 cm³/mol. The number of likely N-dealkylation sites (tertiary alicyclic amines) is 1. The molecule has 5 nitrogen and oxygen atoms in total. The molecular weight excluding hydrogens is 216 g/mol. The summed E-state index contributed by atoms with van der Waals surface area (Å²) in [7, 11) is 1.88. The molecule has 2 atom stereocenters. The summed E-state index contributed by atoms with van der Waals surface area (Å²) in [6.45, 7) is 2.85. The SMILES string of the molecule is CCCN1C(=O)CCC(N)C1c1cnn(C)c1. The molecule has 17 heavy (non-hydrogen) atoms. The minimum atomic E-state index is -0.00935. The molecule has 1 aromatic rings. The quantitative estimate of drug-likeness (QED) is 0.845. The zero-order chi connectivity index (χ0) is 12.4. The molecule has 0 radical (unpaired) electrons. The average Bonchev–Trinajstić information content (AvgIpc) is 2.70. The molecule has 1 fully saturated rings. The summed E-state index contributed by atoms with van der Waals surface area (Å²) >= 11 is 0. The van der Waals surface area contributed by atoms with Crippen molar-refractivity contribution in [2.45, 2.75) is 38.3 Å². The lowest BCUT2D eigenvalue weighted by Crippen LogP contribution is -2.48. The Balaban J connectivity index is 2.28. The van der Waals surface area contributed by atoms with Gasteiger partial charge in [0.2, 0.25) is 5.91 Å². The third-order valence-corrected chi connectivity index (χ3v) is 3.28. The molecule has 1 aliphatic rings. The van der Waals surface area contributed by atoms with Crippen molar-refractivity contribution >= 4 is 5.91 Å². The zero-order valence-corrected chi connectivity index (χ0v) is 10.5. The van der Waals surface area contributed by atoms with E-state index in [9.17, 15) is 4.79 Å². The van der Waals surface area contributed by atoms with Gasteiger partial charge in [0, 0.05) is 37.8 Å². The van der Waals surface area contributed by atoms with Gasteiger partial charge in [-0.1, -0.05) is 6.92 Å². The summed E-state index contributed by atoms with van der Waals surface area (Å²) in [5.41, 5.74) is 7.22. The smallest absolute Gasteiger partial charge is 0.223 e. The number of amides is 1. The van der Waals surface area contributed by atoms with E-state index in [4.69, 9.17) is 5.73 Å². The van der Waals surface area contributed by atoms with Gasteiger partial charge in [0.1, 0.15) is 0 Å². The number of carbonyl (C=O) groups is 1. The van der Waals surface area contributed by atoms with E-state index in [2.05, 4.69) is 12.0 Å². The van der Waals surface area contributed by atoms with Crippen molar-refractivity contribution in [2.75, 3.05) is 6.54 Å². The molecule has 0 aromatic carbocycles. The van der Waals surface area contributed by atoms with Crippen LogP contribution in [0, 0.1) is 0 Å². The van der Waals surface area contributed by atoms with Crippen LogP contribution in [0.3, 0.4) is 0 Å². The van der Waals surface area contributed by atoms with Gasteiger partial charge in [0.25, 0.3) is 0 Å². The summed E-state index contributed by atoms with van der Waals surface area (Å²) in [6, 6.07) is 0.00773. The van der Waals surface area contributed by atoms with Crippen molar-refractivity contribution in [1.29, 1.82) is 0 Å². The lowest BCUT2D eigenvalue weighted by atomic mass is 9.92. The van der Waals surface area contributed by atoms with Crippen LogP contribution in [-0.2, 0) is 11.8 Å². The normalized spacial score (nSPS) is 25.4. The van der Waals surface area contributed by atoms with E-state index in [0.29, 0.717) is 6.42 Å². The fourth-order valence-electron chi connectivity index (χ4n) is 2.50. The second-order valence-electron chi connectivity index (χ2n) is 4.68. The Hall–Kier alpha value is -1.36. The third-order valence-electron chi connectivity index (χ3n) is 3.28. The molecule has 1 aromatic heterocycles. The molecule has 5 heteroatoms. The van der Waals surface area contributed by atoms with Crippen LogP contribution in [0.25, 0.3) is 0 Å². The van der Waals surface area contributed by atoms with E-state index in [1.807, 2.05) is 24.3 Å². The third kappa shape index (κ3) is 2.34. The van der Waals surface area contributed by atoms with Crippen molar-refractivity contribution in [3.63, 3.8) is 0 Å². The van der Waals surface area contributed by atoms with Crippen LogP contribution in [0.5, 0.6) is 0 Å². The van der Waals surface area contributed by atoms with Gasteiger partial charge >= 0.3 is 0 Å². The minimum Gasteiger partial charge on any atom is -0.334 e. The van der Waals surface area contributed by atoms with Gasteiger partial charge in [-0.25, -0.2) is 0 Å². The second kappa shape index (κ2) is 4.87. The highest BCUT2D eigenvalue weighted by atomic mass is 16.2. The molecule has 94 valence electrons. The Kier molecular flexibility index (Phi) is 3.47. The molecule has 1 amide bonds. The predicted octanol–water partition coefficient (Wildman–Crippen LogP) is 0.821. The first kappa shape index (κ1) is 12.1. The number of carbonyl (C=O) groups excluding carboxylic acids is 1. The molecule has 0 spiro atoms. The van der Waals surface area contributed by atoms with Gasteiger partial charge in [-0.2, -0.15) is 5.10 Å². The van der Waals surface area contributed by atoms with E-state index < -0.39 is 0 Å². The molecular formula is C12H20N4O. The Morgan fingerprint density at radius 3 is 2.94 bits per heavy atom. The topological polar surface area (TPSA) is 64.2 Å². The largest absolute Gasteiger partial charge is 0.334 e. The van der Waals surface area contributed by atoms with Crippen molar-refractivity contribution < 1.29 is 4.79 Å². The highest BCUT2D eigenvalue weighted by molar-refractivity contribution is 5.77. The number of aryl methyl sites for hydroxylation is 1.